The molecule has 1 saturated heterocycles. The summed E-state index contributed by atoms with van der Waals surface area (Å²) < 4.78 is 4.61. The number of methoxy groups -OCH3 is 1. The topological polar surface area (TPSA) is 71.3 Å². The van der Waals surface area contributed by atoms with E-state index in [0.717, 1.165) is 43.2 Å². The number of esters is 1. The fourth-order valence-corrected chi connectivity index (χ4v) is 3.40. The summed E-state index contributed by atoms with van der Waals surface area (Å²) >= 11 is 1.13. The van der Waals surface area contributed by atoms with Crippen molar-refractivity contribution in [2.24, 2.45) is 10.2 Å². The van der Waals surface area contributed by atoms with Crippen molar-refractivity contribution < 1.29 is 14.3 Å². The number of ether oxygens (including phenoxy) is 1. The summed E-state index contributed by atoms with van der Waals surface area (Å²) in [5.41, 5.74) is 1.74. The lowest BCUT2D eigenvalue weighted by Gasteiger charge is -2.14. The number of hydrogen-bond acceptors (Lipinski definition) is 6. The molecule has 1 aliphatic heterocycles. The molecule has 124 valence electrons. The van der Waals surface area contributed by atoms with Crippen LogP contribution in [0.25, 0.3) is 0 Å². The zero-order valence-electron chi connectivity index (χ0n) is 13.3. The van der Waals surface area contributed by atoms with Crippen LogP contribution in [-0.4, -0.2) is 29.9 Å². The lowest BCUT2D eigenvalue weighted by atomic mass is 10.3. The molecule has 0 atom stereocenters. The number of para-hydroxylation sites is 1. The number of rotatable bonds is 3. The molecule has 0 aromatic heterocycles. The Bertz CT molecular complexity index is 733. The van der Waals surface area contributed by atoms with Gasteiger partial charge in [0.15, 0.2) is 0 Å². The molecule has 0 N–H and O–H groups in total. The van der Waals surface area contributed by atoms with Gasteiger partial charge in [0.25, 0.3) is 5.91 Å². The van der Waals surface area contributed by atoms with E-state index in [1.807, 2.05) is 30.3 Å². The van der Waals surface area contributed by atoms with Gasteiger partial charge in [-0.25, -0.2) is 4.79 Å². The maximum absolute atomic E-state index is 12.7. The van der Waals surface area contributed by atoms with E-state index in [4.69, 9.17) is 0 Å². The third-order valence-corrected chi connectivity index (χ3v) is 4.69. The fraction of sp³-hybridized carbons (Fsp3) is 0.294. The number of anilines is 1. The third-order valence-electron chi connectivity index (χ3n) is 3.73. The van der Waals surface area contributed by atoms with E-state index in [0.29, 0.717) is 10.9 Å². The van der Waals surface area contributed by atoms with Gasteiger partial charge in [0.2, 0.25) is 5.17 Å². The van der Waals surface area contributed by atoms with E-state index in [1.54, 1.807) is 0 Å². The fourth-order valence-electron chi connectivity index (χ4n) is 2.51. The van der Waals surface area contributed by atoms with Crippen LogP contribution < -0.4 is 4.90 Å². The van der Waals surface area contributed by atoms with Crippen LogP contribution in [0.3, 0.4) is 0 Å². The molecule has 24 heavy (non-hydrogen) atoms. The van der Waals surface area contributed by atoms with E-state index in [-0.39, 0.29) is 10.8 Å². The first-order chi connectivity index (χ1) is 11.7. The number of thioether (sulfide) groups is 1. The third kappa shape index (κ3) is 3.56. The molecule has 1 aromatic rings. The molecule has 0 unspecified atom stereocenters. The van der Waals surface area contributed by atoms with Crippen molar-refractivity contribution in [3.63, 3.8) is 0 Å². The van der Waals surface area contributed by atoms with Crippen molar-refractivity contribution in [1.29, 1.82) is 0 Å². The van der Waals surface area contributed by atoms with E-state index < -0.39 is 5.97 Å². The van der Waals surface area contributed by atoms with Crippen LogP contribution in [0.1, 0.15) is 25.7 Å². The Morgan fingerprint density at radius 1 is 1.21 bits per heavy atom. The Kier molecular flexibility index (Phi) is 5.10. The summed E-state index contributed by atoms with van der Waals surface area (Å²) in [7, 11) is 1.28. The molecule has 1 heterocycles. The van der Waals surface area contributed by atoms with Crippen molar-refractivity contribution in [3.05, 3.63) is 41.3 Å². The van der Waals surface area contributed by atoms with Gasteiger partial charge >= 0.3 is 5.97 Å². The molecule has 0 spiro atoms. The minimum Gasteiger partial charge on any atom is -0.466 e. The minimum absolute atomic E-state index is 0.274. The first-order valence-corrected chi connectivity index (χ1v) is 8.51. The molecule has 2 fully saturated rings. The number of carbonyl (C=O) groups is 2. The molecule has 0 bridgehead atoms. The Balaban J connectivity index is 1.96. The van der Waals surface area contributed by atoms with Crippen LogP contribution in [0.5, 0.6) is 0 Å². The Hall–Kier alpha value is -2.41. The highest BCUT2D eigenvalue weighted by molar-refractivity contribution is 8.19. The average molecular weight is 343 g/mol. The molecule has 1 amide bonds. The van der Waals surface area contributed by atoms with Crippen molar-refractivity contribution in [1.82, 2.24) is 0 Å². The second kappa shape index (κ2) is 7.44. The summed E-state index contributed by atoms with van der Waals surface area (Å²) in [5, 5.41) is 9.02. The van der Waals surface area contributed by atoms with Crippen molar-refractivity contribution in [3.8, 4) is 0 Å². The molecule has 0 radical (unpaired) electrons. The molecule has 1 aromatic carbocycles. The van der Waals surface area contributed by atoms with E-state index in [1.165, 1.54) is 18.1 Å². The summed E-state index contributed by atoms with van der Waals surface area (Å²) in [6.07, 6.45) is 5.35. The van der Waals surface area contributed by atoms with Crippen molar-refractivity contribution in [2.75, 3.05) is 12.0 Å². The van der Waals surface area contributed by atoms with Gasteiger partial charge in [0.1, 0.15) is 0 Å². The molecule has 6 nitrogen and oxygen atoms in total. The lowest BCUT2D eigenvalue weighted by Crippen LogP contribution is -2.28. The molecule has 7 heteroatoms. The molecule has 2 aliphatic rings. The van der Waals surface area contributed by atoms with Crippen LogP contribution in [0.15, 0.2) is 51.5 Å². The largest absolute Gasteiger partial charge is 0.466 e. The number of nitrogens with zero attached hydrogens (tertiary/aromatic N) is 3. The molecular formula is C17H17N3O3S. The van der Waals surface area contributed by atoms with Gasteiger partial charge in [-0.1, -0.05) is 18.2 Å². The number of benzene rings is 1. The maximum atomic E-state index is 12.7. The highest BCUT2D eigenvalue weighted by Crippen LogP contribution is 2.35. The molecular weight excluding hydrogens is 326 g/mol. The standard InChI is InChI=1S/C17H17N3O3S/c1-23-15(21)11-14-16(22)20(13-9-3-2-4-10-13)17(24-14)19-18-12-7-5-6-8-12/h2-4,9-11H,5-8H2,1H3/b14-11-,19-17-. The Morgan fingerprint density at radius 3 is 2.58 bits per heavy atom. The monoisotopic (exact) mass is 343 g/mol. The Morgan fingerprint density at radius 2 is 1.92 bits per heavy atom. The molecule has 1 saturated carbocycles. The van der Waals surface area contributed by atoms with Crippen LogP contribution in [0.2, 0.25) is 0 Å². The normalized spacial score (nSPS) is 21.0. The molecule has 3 rings (SSSR count). The van der Waals surface area contributed by atoms with Gasteiger partial charge in [-0.15, -0.1) is 5.10 Å². The van der Waals surface area contributed by atoms with Gasteiger partial charge in [-0.05, 0) is 49.6 Å². The van der Waals surface area contributed by atoms with Crippen LogP contribution in [-0.2, 0) is 14.3 Å². The number of amidine groups is 1. The highest BCUT2D eigenvalue weighted by Gasteiger charge is 2.35. The van der Waals surface area contributed by atoms with Gasteiger partial charge in [-0.3, -0.25) is 9.69 Å². The van der Waals surface area contributed by atoms with Crippen molar-refractivity contribution in [2.45, 2.75) is 25.7 Å². The zero-order valence-corrected chi connectivity index (χ0v) is 14.1. The smallest absolute Gasteiger partial charge is 0.331 e. The van der Waals surface area contributed by atoms with Gasteiger partial charge < -0.3 is 4.74 Å². The number of amides is 1. The Labute approximate surface area is 144 Å². The molecule has 1 aliphatic carbocycles. The summed E-state index contributed by atoms with van der Waals surface area (Å²) in [4.78, 5) is 25.9. The highest BCUT2D eigenvalue weighted by atomic mass is 32.2. The first-order valence-electron chi connectivity index (χ1n) is 7.69. The van der Waals surface area contributed by atoms with Gasteiger partial charge in [0, 0.05) is 11.8 Å². The summed E-state index contributed by atoms with van der Waals surface area (Å²) in [5.74, 6) is -0.871. The van der Waals surface area contributed by atoms with E-state index >= 15 is 0 Å². The lowest BCUT2D eigenvalue weighted by molar-refractivity contribution is -0.135. The SMILES string of the molecule is COC(=O)/C=C1\S/C(=N\N=C2CCCC2)N(c2ccccc2)C1=O. The zero-order chi connectivity index (χ0) is 16.9. The minimum atomic E-state index is -0.567. The number of carbonyl (C=O) groups excluding carboxylic acids is 2. The second-order valence-corrected chi connectivity index (χ2v) is 6.37. The van der Waals surface area contributed by atoms with Gasteiger partial charge in [-0.2, -0.15) is 5.10 Å². The first kappa shape index (κ1) is 16.4. The van der Waals surface area contributed by atoms with E-state index in [9.17, 15) is 9.59 Å². The predicted octanol–water partition coefficient (Wildman–Crippen LogP) is 3.11. The maximum Gasteiger partial charge on any atom is 0.331 e. The van der Waals surface area contributed by atoms with Crippen LogP contribution >= 0.6 is 11.8 Å². The summed E-state index contributed by atoms with van der Waals surface area (Å²) in [6, 6.07) is 9.19. The number of hydrogen-bond donors (Lipinski definition) is 0. The van der Waals surface area contributed by atoms with Gasteiger partial charge in [0.05, 0.1) is 17.7 Å². The quantitative estimate of drug-likeness (QED) is 0.480. The predicted molar refractivity (Wildman–Crippen MR) is 95.0 cm³/mol. The van der Waals surface area contributed by atoms with Crippen LogP contribution in [0, 0.1) is 0 Å². The second-order valence-electron chi connectivity index (χ2n) is 5.37. The van der Waals surface area contributed by atoms with E-state index in [2.05, 4.69) is 14.9 Å². The van der Waals surface area contributed by atoms with Crippen LogP contribution in [0.4, 0.5) is 5.69 Å². The average Bonchev–Trinajstić information content (AvgIpc) is 3.22. The van der Waals surface area contributed by atoms with Crippen molar-refractivity contribution >= 4 is 40.2 Å². The summed E-state index contributed by atoms with van der Waals surface area (Å²) in [6.45, 7) is 0.